The van der Waals surface area contributed by atoms with Gasteiger partial charge in [-0.25, -0.2) is 4.79 Å². The number of hydrogen-bond donors (Lipinski definition) is 0. The first kappa shape index (κ1) is 7.92. The fraction of sp³-hybridized carbons (Fsp3) is 0.286. The van der Waals surface area contributed by atoms with Gasteiger partial charge in [-0.2, -0.15) is 0 Å². The molecule has 0 N–H and O–H groups in total. The van der Waals surface area contributed by atoms with Crippen molar-refractivity contribution in [3.8, 4) is 0 Å². The van der Waals surface area contributed by atoms with Crippen molar-refractivity contribution in [1.82, 2.24) is 0 Å². The summed E-state index contributed by atoms with van der Waals surface area (Å²) in [4.78, 5) is 11.0. The topological polar surface area (TPSA) is 39.4 Å². The second-order valence-corrected chi connectivity index (χ2v) is 2.32. The summed E-state index contributed by atoms with van der Waals surface area (Å²) in [5, 5.41) is 0. The van der Waals surface area contributed by atoms with Gasteiger partial charge in [0.2, 0.25) is 0 Å². The predicted molar refractivity (Wildman–Crippen MR) is 43.0 cm³/mol. The minimum absolute atomic E-state index is 0.348. The zero-order chi connectivity index (χ0) is 8.43. The van der Waals surface area contributed by atoms with Crippen molar-refractivity contribution in [3.63, 3.8) is 0 Å². The highest BCUT2D eigenvalue weighted by Gasteiger charge is 2.12. The summed E-state index contributed by atoms with van der Waals surface area (Å²) in [6.07, 6.45) is 0. The third kappa shape index (κ3) is 1.45. The van der Waals surface area contributed by atoms with Gasteiger partial charge in [0, 0.05) is 0 Å². The number of ether oxygens (including phenoxy) is 1. The highest BCUT2D eigenvalue weighted by Crippen LogP contribution is 2.07. The molecular formula is C7H9BO3. The van der Waals surface area contributed by atoms with Crippen molar-refractivity contribution < 1.29 is 13.9 Å². The van der Waals surface area contributed by atoms with Crippen LogP contribution in [0.25, 0.3) is 0 Å². The summed E-state index contributed by atoms with van der Waals surface area (Å²) >= 11 is 0. The average molecular weight is 152 g/mol. The lowest BCUT2D eigenvalue weighted by atomic mass is 10.1. The normalized spacial score (nSPS) is 9.64. The van der Waals surface area contributed by atoms with E-state index >= 15 is 0 Å². The fourth-order valence-electron chi connectivity index (χ4n) is 0.943. The van der Waals surface area contributed by atoms with E-state index in [1.807, 2.05) is 0 Å². The summed E-state index contributed by atoms with van der Waals surface area (Å²) in [7, 11) is 3.14. The van der Waals surface area contributed by atoms with Crippen LogP contribution in [-0.4, -0.2) is 20.9 Å². The molecule has 0 bridgehead atoms. The Hall–Kier alpha value is -1.19. The van der Waals surface area contributed by atoms with Gasteiger partial charge in [-0.3, -0.25) is 0 Å². The minimum atomic E-state index is -0.348. The quantitative estimate of drug-likeness (QED) is 0.407. The Morgan fingerprint density at radius 2 is 2.36 bits per heavy atom. The Balaban J connectivity index is 3.03. The monoisotopic (exact) mass is 152 g/mol. The van der Waals surface area contributed by atoms with Gasteiger partial charge in [0.25, 0.3) is 0 Å². The Labute approximate surface area is 65.7 Å². The molecule has 0 unspecified atom stereocenters. The molecule has 0 atom stereocenters. The van der Waals surface area contributed by atoms with Crippen molar-refractivity contribution in [3.05, 3.63) is 17.4 Å². The fourth-order valence-corrected chi connectivity index (χ4v) is 0.943. The third-order valence-electron chi connectivity index (χ3n) is 1.45. The van der Waals surface area contributed by atoms with E-state index in [4.69, 9.17) is 4.42 Å². The molecule has 0 saturated heterocycles. The van der Waals surface area contributed by atoms with Crippen LogP contribution in [0.2, 0.25) is 0 Å². The summed E-state index contributed by atoms with van der Waals surface area (Å²) in [6.45, 7) is 1.74. The van der Waals surface area contributed by atoms with Crippen molar-refractivity contribution in [2.45, 2.75) is 6.92 Å². The Morgan fingerprint density at radius 3 is 2.73 bits per heavy atom. The molecule has 11 heavy (non-hydrogen) atoms. The van der Waals surface area contributed by atoms with E-state index in [1.54, 1.807) is 20.8 Å². The van der Waals surface area contributed by atoms with E-state index in [-0.39, 0.29) is 5.97 Å². The standard InChI is InChI=1S/C7H9BO3/c1-4-5(7(9)10-2)3-6(8)11-4/h3H,8H2,1-2H3. The first-order chi connectivity index (χ1) is 5.15. The molecule has 0 saturated carbocycles. The highest BCUT2D eigenvalue weighted by atomic mass is 16.5. The average Bonchev–Trinajstić information content (AvgIpc) is 2.28. The van der Waals surface area contributed by atoms with E-state index in [2.05, 4.69) is 4.74 Å². The van der Waals surface area contributed by atoms with Crippen LogP contribution in [0.4, 0.5) is 0 Å². The van der Waals surface area contributed by atoms with Gasteiger partial charge in [-0.15, -0.1) is 0 Å². The number of carbonyl (C=O) groups excluding carboxylic acids is 1. The highest BCUT2D eigenvalue weighted by molar-refractivity contribution is 6.30. The molecule has 1 aromatic rings. The number of methoxy groups -OCH3 is 1. The summed E-state index contributed by atoms with van der Waals surface area (Å²) in [6, 6.07) is 1.67. The molecule has 1 heterocycles. The molecule has 0 aromatic carbocycles. The first-order valence-corrected chi connectivity index (χ1v) is 3.30. The van der Waals surface area contributed by atoms with Gasteiger partial charge in [0.1, 0.15) is 5.76 Å². The zero-order valence-electron chi connectivity index (χ0n) is 6.80. The number of carbonyl (C=O) groups is 1. The molecule has 0 spiro atoms. The summed E-state index contributed by atoms with van der Waals surface area (Å²) in [5.74, 6) is 0.258. The van der Waals surface area contributed by atoms with E-state index in [1.165, 1.54) is 7.11 Å². The molecule has 0 radical (unpaired) electrons. The van der Waals surface area contributed by atoms with Crippen LogP contribution < -0.4 is 5.66 Å². The van der Waals surface area contributed by atoms with Gasteiger partial charge < -0.3 is 9.15 Å². The minimum Gasteiger partial charge on any atom is -0.476 e. The van der Waals surface area contributed by atoms with Crippen LogP contribution >= 0.6 is 0 Å². The van der Waals surface area contributed by atoms with Gasteiger partial charge in [-0.1, -0.05) is 0 Å². The van der Waals surface area contributed by atoms with Gasteiger partial charge in [0.15, 0.2) is 7.85 Å². The van der Waals surface area contributed by atoms with Crippen LogP contribution in [0.1, 0.15) is 16.1 Å². The maximum atomic E-state index is 11.0. The van der Waals surface area contributed by atoms with E-state index in [9.17, 15) is 4.79 Å². The van der Waals surface area contributed by atoms with Crippen LogP contribution in [-0.2, 0) is 4.74 Å². The van der Waals surface area contributed by atoms with Gasteiger partial charge >= 0.3 is 5.97 Å². The summed E-state index contributed by atoms with van der Waals surface area (Å²) in [5.41, 5.74) is 1.23. The lowest BCUT2D eigenvalue weighted by Crippen LogP contribution is -2.01. The predicted octanol–water partition coefficient (Wildman–Crippen LogP) is -0.367. The number of esters is 1. The second-order valence-electron chi connectivity index (χ2n) is 2.32. The molecule has 1 rings (SSSR count). The number of furan rings is 1. The van der Waals surface area contributed by atoms with Crippen molar-refractivity contribution in [1.29, 1.82) is 0 Å². The molecule has 4 heteroatoms. The third-order valence-corrected chi connectivity index (χ3v) is 1.45. The molecule has 3 nitrogen and oxygen atoms in total. The van der Waals surface area contributed by atoms with Crippen LogP contribution in [0, 0.1) is 6.92 Å². The van der Waals surface area contributed by atoms with Crippen LogP contribution in [0.5, 0.6) is 0 Å². The molecule has 0 amide bonds. The maximum Gasteiger partial charge on any atom is 0.341 e. The Morgan fingerprint density at radius 1 is 1.73 bits per heavy atom. The molecule has 58 valence electrons. The zero-order valence-corrected chi connectivity index (χ0v) is 6.80. The Bertz CT molecular complexity index is 277. The van der Waals surface area contributed by atoms with Gasteiger partial charge in [0.05, 0.1) is 18.3 Å². The molecular weight excluding hydrogens is 143 g/mol. The number of rotatable bonds is 1. The van der Waals surface area contributed by atoms with Crippen molar-refractivity contribution in [2.75, 3.05) is 7.11 Å². The molecule has 0 aliphatic rings. The second kappa shape index (κ2) is 2.82. The molecule has 0 aliphatic heterocycles. The smallest absolute Gasteiger partial charge is 0.341 e. The summed E-state index contributed by atoms with van der Waals surface area (Å²) < 4.78 is 9.67. The Kier molecular flexibility index (Phi) is 2.03. The van der Waals surface area contributed by atoms with Gasteiger partial charge in [-0.05, 0) is 13.0 Å². The molecule has 1 aromatic heterocycles. The van der Waals surface area contributed by atoms with Crippen LogP contribution in [0.15, 0.2) is 10.5 Å². The molecule has 0 aliphatic carbocycles. The van der Waals surface area contributed by atoms with E-state index < -0.39 is 0 Å². The van der Waals surface area contributed by atoms with E-state index in [0.29, 0.717) is 11.3 Å². The van der Waals surface area contributed by atoms with Crippen LogP contribution in [0.3, 0.4) is 0 Å². The van der Waals surface area contributed by atoms with Crippen molar-refractivity contribution >= 4 is 19.5 Å². The lowest BCUT2D eigenvalue weighted by molar-refractivity contribution is 0.0599. The number of aryl methyl sites for hydroxylation is 1. The van der Waals surface area contributed by atoms with E-state index in [0.717, 1.165) is 5.66 Å². The number of hydrogen-bond acceptors (Lipinski definition) is 3. The first-order valence-electron chi connectivity index (χ1n) is 3.30. The lowest BCUT2D eigenvalue weighted by Gasteiger charge is -1.93. The maximum absolute atomic E-state index is 11.0. The molecule has 0 fully saturated rings. The SMILES string of the molecule is Bc1cc(C(=O)OC)c(C)o1. The largest absolute Gasteiger partial charge is 0.476 e. The van der Waals surface area contributed by atoms with Crippen molar-refractivity contribution in [2.24, 2.45) is 0 Å².